The molecule has 0 bridgehead atoms. The second-order valence-corrected chi connectivity index (χ2v) is 3.60. The average molecular weight is 220 g/mol. The Morgan fingerprint density at radius 3 is 3.19 bits per heavy atom. The predicted octanol–water partition coefficient (Wildman–Crippen LogP) is 2.54. The van der Waals surface area contributed by atoms with Crippen LogP contribution in [0.4, 0.5) is 0 Å². The molecule has 1 N–H and O–H groups in total. The lowest BCUT2D eigenvalue weighted by molar-refractivity contribution is 0.312. The second kappa shape index (κ2) is 7.88. The molecule has 1 aromatic rings. The molecule has 0 spiro atoms. The molecule has 3 heteroatoms. The molecule has 0 atom stereocenters. The molecule has 1 heterocycles. The molecule has 16 heavy (non-hydrogen) atoms. The van der Waals surface area contributed by atoms with Crippen LogP contribution in [0.15, 0.2) is 31.0 Å². The maximum Gasteiger partial charge on any atom is 0.213 e. The van der Waals surface area contributed by atoms with Crippen LogP contribution in [0.25, 0.3) is 0 Å². The van der Waals surface area contributed by atoms with E-state index in [2.05, 4.69) is 23.8 Å². The number of rotatable bonds is 8. The summed E-state index contributed by atoms with van der Waals surface area (Å²) in [5.74, 6) is 0.692. The van der Waals surface area contributed by atoms with Crippen molar-refractivity contribution in [1.82, 2.24) is 10.3 Å². The van der Waals surface area contributed by atoms with E-state index in [1.807, 2.05) is 18.2 Å². The van der Waals surface area contributed by atoms with Crippen LogP contribution in [-0.4, -0.2) is 18.1 Å². The Balaban J connectivity index is 2.40. The van der Waals surface area contributed by atoms with Crippen molar-refractivity contribution in [3.63, 3.8) is 0 Å². The van der Waals surface area contributed by atoms with Gasteiger partial charge in [0.15, 0.2) is 0 Å². The highest BCUT2D eigenvalue weighted by Gasteiger charge is 1.97. The van der Waals surface area contributed by atoms with Gasteiger partial charge in [0.1, 0.15) is 0 Å². The van der Waals surface area contributed by atoms with Gasteiger partial charge in [0, 0.05) is 18.8 Å². The molecular weight excluding hydrogens is 200 g/mol. The fourth-order valence-electron chi connectivity index (χ4n) is 1.30. The van der Waals surface area contributed by atoms with E-state index in [9.17, 15) is 0 Å². The molecule has 1 aromatic heterocycles. The number of ether oxygens (including phenoxy) is 1. The number of aromatic nitrogens is 1. The zero-order valence-electron chi connectivity index (χ0n) is 9.91. The zero-order valence-corrected chi connectivity index (χ0v) is 9.91. The summed E-state index contributed by atoms with van der Waals surface area (Å²) < 4.78 is 5.48. The van der Waals surface area contributed by atoms with Crippen molar-refractivity contribution < 1.29 is 4.74 Å². The highest BCUT2D eigenvalue weighted by Crippen LogP contribution is 2.09. The molecule has 1 rings (SSSR count). The summed E-state index contributed by atoms with van der Waals surface area (Å²) in [4.78, 5) is 4.16. The summed E-state index contributed by atoms with van der Waals surface area (Å²) in [6.07, 6.45) is 5.62. The molecule has 0 radical (unpaired) electrons. The summed E-state index contributed by atoms with van der Waals surface area (Å²) in [6, 6.07) is 3.98. The molecule has 0 aliphatic rings. The highest BCUT2D eigenvalue weighted by molar-refractivity contribution is 5.20. The summed E-state index contributed by atoms with van der Waals surface area (Å²) >= 11 is 0. The SMILES string of the molecule is C=CCCOc1cc(CNCCC)ccn1. The molecule has 0 aliphatic heterocycles. The number of hydrogen-bond acceptors (Lipinski definition) is 3. The topological polar surface area (TPSA) is 34.1 Å². The molecular formula is C13H20N2O. The van der Waals surface area contributed by atoms with Crippen LogP contribution in [-0.2, 0) is 6.54 Å². The minimum atomic E-state index is 0.641. The van der Waals surface area contributed by atoms with Gasteiger partial charge in [0.2, 0.25) is 5.88 Å². The van der Waals surface area contributed by atoms with Gasteiger partial charge in [-0.05, 0) is 31.0 Å². The fraction of sp³-hybridized carbons (Fsp3) is 0.462. The molecule has 0 aromatic carbocycles. The summed E-state index contributed by atoms with van der Waals surface area (Å²) in [6.45, 7) is 8.35. The number of pyridine rings is 1. The van der Waals surface area contributed by atoms with Crippen molar-refractivity contribution in [2.75, 3.05) is 13.2 Å². The Bertz CT molecular complexity index is 313. The summed E-state index contributed by atoms with van der Waals surface area (Å²) in [5.41, 5.74) is 1.21. The summed E-state index contributed by atoms with van der Waals surface area (Å²) in [5, 5.41) is 3.35. The van der Waals surface area contributed by atoms with E-state index in [1.165, 1.54) is 5.56 Å². The first-order valence-corrected chi connectivity index (χ1v) is 5.76. The first-order chi connectivity index (χ1) is 7.86. The van der Waals surface area contributed by atoms with Crippen molar-refractivity contribution in [3.05, 3.63) is 36.5 Å². The monoisotopic (exact) mass is 220 g/mol. The lowest BCUT2D eigenvalue weighted by atomic mass is 10.2. The van der Waals surface area contributed by atoms with Crippen LogP contribution in [0.2, 0.25) is 0 Å². The molecule has 3 nitrogen and oxygen atoms in total. The molecule has 0 saturated heterocycles. The predicted molar refractivity (Wildman–Crippen MR) is 66.5 cm³/mol. The average Bonchev–Trinajstić information content (AvgIpc) is 2.30. The Morgan fingerprint density at radius 2 is 2.44 bits per heavy atom. The fourth-order valence-corrected chi connectivity index (χ4v) is 1.30. The van der Waals surface area contributed by atoms with Crippen molar-refractivity contribution in [1.29, 1.82) is 0 Å². The van der Waals surface area contributed by atoms with Gasteiger partial charge in [-0.15, -0.1) is 6.58 Å². The van der Waals surface area contributed by atoms with E-state index in [4.69, 9.17) is 4.74 Å². The molecule has 0 amide bonds. The number of hydrogen-bond donors (Lipinski definition) is 1. The Labute approximate surface area is 97.5 Å². The molecule has 0 unspecified atom stereocenters. The van der Waals surface area contributed by atoms with E-state index in [0.29, 0.717) is 12.5 Å². The highest BCUT2D eigenvalue weighted by atomic mass is 16.5. The van der Waals surface area contributed by atoms with Crippen molar-refractivity contribution >= 4 is 0 Å². The van der Waals surface area contributed by atoms with Crippen LogP contribution < -0.4 is 10.1 Å². The normalized spacial score (nSPS) is 10.1. The van der Waals surface area contributed by atoms with Crippen molar-refractivity contribution in [3.8, 4) is 5.88 Å². The summed E-state index contributed by atoms with van der Waals surface area (Å²) in [7, 11) is 0. The number of nitrogens with one attached hydrogen (secondary N) is 1. The third-order valence-electron chi connectivity index (χ3n) is 2.13. The van der Waals surface area contributed by atoms with Crippen LogP contribution >= 0.6 is 0 Å². The van der Waals surface area contributed by atoms with Crippen LogP contribution in [0.1, 0.15) is 25.3 Å². The van der Waals surface area contributed by atoms with Gasteiger partial charge in [-0.3, -0.25) is 0 Å². The van der Waals surface area contributed by atoms with E-state index in [1.54, 1.807) is 6.20 Å². The van der Waals surface area contributed by atoms with E-state index < -0.39 is 0 Å². The van der Waals surface area contributed by atoms with E-state index in [0.717, 1.165) is 25.9 Å². The van der Waals surface area contributed by atoms with E-state index in [-0.39, 0.29) is 0 Å². The minimum absolute atomic E-state index is 0.641. The quantitative estimate of drug-likeness (QED) is 0.540. The van der Waals surface area contributed by atoms with Crippen molar-refractivity contribution in [2.24, 2.45) is 0 Å². The van der Waals surface area contributed by atoms with Gasteiger partial charge in [-0.2, -0.15) is 0 Å². The van der Waals surface area contributed by atoms with Gasteiger partial charge in [-0.25, -0.2) is 4.98 Å². The molecule has 88 valence electrons. The lowest BCUT2D eigenvalue weighted by Gasteiger charge is -2.06. The van der Waals surface area contributed by atoms with E-state index >= 15 is 0 Å². The van der Waals surface area contributed by atoms with Gasteiger partial charge >= 0.3 is 0 Å². The van der Waals surface area contributed by atoms with Crippen LogP contribution in [0, 0.1) is 0 Å². The molecule has 0 aliphatic carbocycles. The largest absolute Gasteiger partial charge is 0.477 e. The number of nitrogens with zero attached hydrogens (tertiary/aromatic N) is 1. The first kappa shape index (κ1) is 12.7. The first-order valence-electron chi connectivity index (χ1n) is 5.76. The minimum Gasteiger partial charge on any atom is -0.477 e. The van der Waals surface area contributed by atoms with Crippen molar-refractivity contribution in [2.45, 2.75) is 26.3 Å². The maximum atomic E-state index is 5.48. The standard InChI is InChI=1S/C13H20N2O/c1-3-5-9-16-13-10-12(6-8-15-13)11-14-7-4-2/h3,6,8,10,14H,1,4-5,7,9,11H2,2H3. The molecule has 0 saturated carbocycles. The van der Waals surface area contributed by atoms with Gasteiger partial charge < -0.3 is 10.1 Å². The third-order valence-corrected chi connectivity index (χ3v) is 2.13. The Hall–Kier alpha value is -1.35. The second-order valence-electron chi connectivity index (χ2n) is 3.60. The third kappa shape index (κ3) is 4.94. The van der Waals surface area contributed by atoms with Crippen LogP contribution in [0.3, 0.4) is 0 Å². The smallest absolute Gasteiger partial charge is 0.213 e. The van der Waals surface area contributed by atoms with Gasteiger partial charge in [0.05, 0.1) is 6.61 Å². The Morgan fingerprint density at radius 1 is 1.56 bits per heavy atom. The van der Waals surface area contributed by atoms with Gasteiger partial charge in [-0.1, -0.05) is 13.0 Å². The van der Waals surface area contributed by atoms with Crippen LogP contribution in [0.5, 0.6) is 5.88 Å². The maximum absolute atomic E-state index is 5.48. The van der Waals surface area contributed by atoms with Gasteiger partial charge in [0.25, 0.3) is 0 Å². The lowest BCUT2D eigenvalue weighted by Crippen LogP contribution is -2.13. The molecule has 0 fully saturated rings. The zero-order chi connectivity index (χ0) is 11.6. The Kier molecular flexibility index (Phi) is 6.26.